The third-order valence-electron chi connectivity index (χ3n) is 12.1. The van der Waals surface area contributed by atoms with Gasteiger partial charge in [-0.1, -0.05) is 91.7 Å². The maximum atomic E-state index is 14.2. The normalized spacial score (nSPS) is 19.6. The van der Waals surface area contributed by atoms with Crippen LogP contribution in [-0.4, -0.2) is 90.9 Å². The van der Waals surface area contributed by atoms with Crippen molar-refractivity contribution < 1.29 is 19.1 Å². The largest absolute Gasteiger partial charge is 0.444 e. The highest BCUT2D eigenvalue weighted by molar-refractivity contribution is 5.91. The maximum absolute atomic E-state index is 14.2. The van der Waals surface area contributed by atoms with E-state index in [9.17, 15) is 14.4 Å². The second-order valence-electron chi connectivity index (χ2n) is 17.6. The fourth-order valence-electron chi connectivity index (χ4n) is 9.20. The molecule has 1 aliphatic carbocycles. The van der Waals surface area contributed by atoms with Crippen molar-refractivity contribution in [1.29, 1.82) is 0 Å². The second-order valence-corrected chi connectivity index (χ2v) is 17.6. The lowest BCUT2D eigenvalue weighted by molar-refractivity contribution is -0.139. The molecule has 2 aromatic heterocycles. The van der Waals surface area contributed by atoms with Crippen LogP contribution < -0.4 is 5.32 Å². The summed E-state index contributed by atoms with van der Waals surface area (Å²) >= 11 is 0. The minimum Gasteiger partial charge on any atom is -0.444 e. The first-order valence-electron chi connectivity index (χ1n) is 21.0. The molecule has 3 aromatic carbocycles. The molecule has 2 saturated heterocycles. The van der Waals surface area contributed by atoms with Gasteiger partial charge in [0, 0.05) is 13.1 Å². The number of hydrogen-bond donors (Lipinski definition) is 3. The lowest BCUT2D eigenvalue weighted by Crippen LogP contribution is -2.58. The maximum Gasteiger partial charge on any atom is 0.408 e. The van der Waals surface area contributed by atoms with E-state index in [4.69, 9.17) is 14.7 Å². The van der Waals surface area contributed by atoms with Gasteiger partial charge in [0.15, 0.2) is 0 Å². The van der Waals surface area contributed by atoms with Crippen molar-refractivity contribution in [3.8, 4) is 33.6 Å². The van der Waals surface area contributed by atoms with Gasteiger partial charge in [0.1, 0.15) is 28.8 Å². The van der Waals surface area contributed by atoms with E-state index in [-0.39, 0.29) is 29.9 Å². The molecule has 59 heavy (non-hydrogen) atoms. The summed E-state index contributed by atoms with van der Waals surface area (Å²) in [6, 6.07) is 26.2. The molecule has 0 spiro atoms. The Morgan fingerprint density at radius 2 is 1.22 bits per heavy atom. The second kappa shape index (κ2) is 16.5. The van der Waals surface area contributed by atoms with Gasteiger partial charge in [-0.2, -0.15) is 0 Å². The number of nitrogens with zero attached hydrogens (tertiary/aromatic N) is 5. The molecule has 0 bridgehead atoms. The van der Waals surface area contributed by atoms with Crippen molar-refractivity contribution in [1.82, 2.24) is 40.0 Å². The van der Waals surface area contributed by atoms with Crippen LogP contribution in [0.1, 0.15) is 107 Å². The number of likely N-dealkylation sites (N-methyl/N-ethyl adjacent to an activating group) is 1. The summed E-state index contributed by atoms with van der Waals surface area (Å²) in [5.41, 5.74) is 5.41. The third kappa shape index (κ3) is 8.41. The Kier molecular flexibility index (Phi) is 11.2. The number of rotatable bonds is 10. The molecule has 12 nitrogen and oxygen atoms in total. The van der Waals surface area contributed by atoms with Crippen molar-refractivity contribution in [2.45, 2.75) is 101 Å². The Labute approximate surface area is 346 Å². The number of amides is 3. The third-order valence-corrected chi connectivity index (χ3v) is 12.1. The van der Waals surface area contributed by atoms with Gasteiger partial charge < -0.3 is 29.8 Å². The summed E-state index contributed by atoms with van der Waals surface area (Å²) in [7, 11) is 3.91. The number of aromatic amines is 2. The summed E-state index contributed by atoms with van der Waals surface area (Å²) in [5, 5.41) is 2.98. The molecular weight excluding hydrogens is 741 g/mol. The Morgan fingerprint density at radius 1 is 0.729 bits per heavy atom. The average Bonchev–Trinajstić information content (AvgIpc) is 4.07. The van der Waals surface area contributed by atoms with Crippen LogP contribution in [0.25, 0.3) is 33.6 Å². The van der Waals surface area contributed by atoms with E-state index < -0.39 is 17.2 Å². The minimum atomic E-state index is -0.951. The average molecular weight is 797 g/mol. The molecule has 3 amide bonds. The van der Waals surface area contributed by atoms with Crippen LogP contribution in [0.3, 0.4) is 0 Å². The molecule has 12 heteroatoms. The molecule has 2 aliphatic heterocycles. The van der Waals surface area contributed by atoms with Gasteiger partial charge in [-0.25, -0.2) is 14.8 Å². The van der Waals surface area contributed by atoms with Gasteiger partial charge >= 0.3 is 6.09 Å². The number of carbonyl (C=O) groups excluding carboxylic acids is 3. The quantitative estimate of drug-likeness (QED) is 0.129. The van der Waals surface area contributed by atoms with E-state index in [1.165, 1.54) is 0 Å². The molecule has 308 valence electrons. The van der Waals surface area contributed by atoms with Crippen LogP contribution in [-0.2, 0) is 14.3 Å². The summed E-state index contributed by atoms with van der Waals surface area (Å²) < 4.78 is 5.55. The molecule has 0 radical (unpaired) electrons. The van der Waals surface area contributed by atoms with Gasteiger partial charge in [-0.3, -0.25) is 14.5 Å². The van der Waals surface area contributed by atoms with Crippen molar-refractivity contribution in [3.05, 3.63) is 108 Å². The zero-order valence-electron chi connectivity index (χ0n) is 34.8. The van der Waals surface area contributed by atoms with Crippen LogP contribution >= 0.6 is 0 Å². The molecule has 4 heterocycles. The summed E-state index contributed by atoms with van der Waals surface area (Å²) in [6.07, 6.45) is 9.62. The van der Waals surface area contributed by atoms with E-state index in [2.05, 4.69) is 63.8 Å². The van der Waals surface area contributed by atoms with Crippen LogP contribution in [0.2, 0.25) is 0 Å². The Hall–Kier alpha value is -5.75. The van der Waals surface area contributed by atoms with E-state index in [0.29, 0.717) is 25.9 Å². The predicted molar refractivity (Wildman–Crippen MR) is 228 cm³/mol. The number of hydrogen-bond acceptors (Lipinski definition) is 7. The van der Waals surface area contributed by atoms with Crippen LogP contribution in [0.5, 0.6) is 0 Å². The first kappa shape index (κ1) is 40.0. The fourth-order valence-corrected chi connectivity index (χ4v) is 9.20. The molecule has 3 fully saturated rings. The SMILES string of the molecule is CN(C)[C@@H](C(=O)N1CCC[C@H]1c1ncc(-c2ccc(-c3ccc(-c4cnc([C@@H]5CCCN5C(=O)C5(NC(=O)OC(C)(C)C)CCCC5)[nH]4)cc3)cc2)[nH]1)c1ccccc1. The zero-order valence-corrected chi connectivity index (χ0v) is 34.8. The predicted octanol–water partition coefficient (Wildman–Crippen LogP) is 8.60. The molecule has 3 atom stereocenters. The number of H-pyrrole nitrogens is 2. The number of alkyl carbamates (subject to hydrolysis) is 1. The highest BCUT2D eigenvalue weighted by Crippen LogP contribution is 2.39. The summed E-state index contributed by atoms with van der Waals surface area (Å²) in [6.45, 7) is 6.82. The number of aromatic nitrogens is 4. The number of nitrogens with one attached hydrogen (secondary N) is 3. The highest BCUT2D eigenvalue weighted by atomic mass is 16.6. The number of carbonyl (C=O) groups is 3. The van der Waals surface area contributed by atoms with Gasteiger partial charge in [-0.05, 0) is 101 Å². The van der Waals surface area contributed by atoms with Crippen LogP contribution in [0, 0.1) is 0 Å². The lowest BCUT2D eigenvalue weighted by atomic mass is 9.95. The monoisotopic (exact) mass is 796 g/mol. The topological polar surface area (TPSA) is 140 Å². The lowest BCUT2D eigenvalue weighted by Gasteiger charge is -2.36. The van der Waals surface area contributed by atoms with Gasteiger partial charge in [0.05, 0.1) is 35.9 Å². The van der Waals surface area contributed by atoms with E-state index >= 15 is 0 Å². The molecule has 3 N–H and O–H groups in total. The van der Waals surface area contributed by atoms with E-state index in [1.54, 1.807) is 0 Å². The smallest absolute Gasteiger partial charge is 0.408 e. The fraction of sp³-hybridized carbons (Fsp3) is 0.426. The van der Waals surface area contributed by atoms with E-state index in [0.717, 1.165) is 89.4 Å². The first-order chi connectivity index (χ1) is 28.4. The molecule has 5 aromatic rings. The Morgan fingerprint density at radius 3 is 1.73 bits per heavy atom. The Balaban J connectivity index is 0.919. The number of benzene rings is 3. The van der Waals surface area contributed by atoms with Crippen molar-refractivity contribution in [2.75, 3.05) is 27.2 Å². The van der Waals surface area contributed by atoms with Crippen LogP contribution in [0.4, 0.5) is 4.79 Å². The molecular formula is C47H56N8O4. The summed E-state index contributed by atoms with van der Waals surface area (Å²) in [4.78, 5) is 63.4. The molecule has 8 rings (SSSR count). The standard InChI is InChI=1S/C47H56N8O4/c1-46(2,3)59-45(58)52-47(25-9-10-26-47)44(57)55-28-12-16-39(55)42-49-30-37(51-42)34-23-19-32(20-24-34)31-17-21-33(22-18-31)36-29-48-41(50-36)38-15-11-27-54(38)43(56)40(53(4)5)35-13-7-6-8-14-35/h6-8,13-14,17-24,29-30,38-40H,9-12,15-16,25-28H2,1-5H3,(H,48,50)(H,49,51)(H,52,58)/t38-,39-,40+/m0/s1. The highest BCUT2D eigenvalue weighted by Gasteiger charge is 2.48. The van der Waals surface area contributed by atoms with E-state index in [1.807, 2.05) is 92.3 Å². The Bertz CT molecular complexity index is 2250. The zero-order chi connectivity index (χ0) is 41.3. The molecule has 0 unspecified atom stereocenters. The van der Waals surface area contributed by atoms with Gasteiger partial charge in [0.25, 0.3) is 0 Å². The summed E-state index contributed by atoms with van der Waals surface area (Å²) in [5.74, 6) is 1.63. The number of likely N-dealkylation sites (tertiary alicyclic amines) is 2. The van der Waals surface area contributed by atoms with Gasteiger partial charge in [0.2, 0.25) is 11.8 Å². The molecule has 3 aliphatic rings. The van der Waals surface area contributed by atoms with Crippen molar-refractivity contribution in [3.63, 3.8) is 0 Å². The van der Waals surface area contributed by atoms with Crippen LogP contribution in [0.15, 0.2) is 91.3 Å². The molecule has 1 saturated carbocycles. The minimum absolute atomic E-state index is 0.0468. The van der Waals surface area contributed by atoms with Gasteiger partial charge in [-0.15, -0.1) is 0 Å². The number of imidazole rings is 2. The first-order valence-corrected chi connectivity index (χ1v) is 21.0. The number of ether oxygens (including phenoxy) is 1. The van der Waals surface area contributed by atoms with Crippen molar-refractivity contribution in [2.24, 2.45) is 0 Å². The van der Waals surface area contributed by atoms with Crippen molar-refractivity contribution >= 4 is 17.9 Å².